The molecule has 0 atom stereocenters. The minimum absolute atomic E-state index is 0. The number of nitrogens with zero attached hydrogens (tertiary/aromatic N) is 3. The van der Waals surface area contributed by atoms with Gasteiger partial charge < -0.3 is 15.8 Å². The molecule has 0 unspecified atom stereocenters. The van der Waals surface area contributed by atoms with Gasteiger partial charge in [0.15, 0.2) is 5.96 Å². The van der Waals surface area contributed by atoms with E-state index in [2.05, 4.69) is 15.4 Å². The monoisotopic (exact) mass is 365 g/mol. The molecule has 1 aliphatic rings. The van der Waals surface area contributed by atoms with Crippen molar-refractivity contribution in [1.82, 2.24) is 15.1 Å². The highest BCUT2D eigenvalue weighted by Gasteiger charge is 2.21. The van der Waals surface area contributed by atoms with Crippen molar-refractivity contribution < 1.29 is 4.74 Å². The Morgan fingerprint density at radius 3 is 2.83 bits per heavy atom. The lowest BCUT2D eigenvalue weighted by molar-refractivity contribution is 0.369. The van der Waals surface area contributed by atoms with Crippen LogP contribution in [0.2, 0.25) is 0 Å². The van der Waals surface area contributed by atoms with E-state index in [1.165, 1.54) is 12.8 Å². The number of halogens is 1. The third-order valence-corrected chi connectivity index (χ3v) is 2.82. The van der Waals surface area contributed by atoms with E-state index in [4.69, 9.17) is 10.5 Å². The lowest BCUT2D eigenvalue weighted by Gasteiger charge is -2.04. The normalized spacial score (nSPS) is 15.2. The number of hydrogen-bond donors (Lipinski definition) is 2. The standard InChI is InChI=1S/C11H19N5O.HI/c1-7-9(10(17-3)16(2)15-7)6-13-11(12)14-8-4-5-8;/h8H,4-6H2,1-3H3,(H3,12,13,14);1H. The van der Waals surface area contributed by atoms with Crippen LogP contribution in [0, 0.1) is 6.92 Å². The molecule has 3 N–H and O–H groups in total. The molecule has 1 aromatic rings. The summed E-state index contributed by atoms with van der Waals surface area (Å²) in [7, 11) is 3.49. The number of guanidine groups is 1. The first-order valence-corrected chi connectivity index (χ1v) is 5.74. The van der Waals surface area contributed by atoms with Crippen molar-refractivity contribution in [3.05, 3.63) is 11.3 Å². The highest BCUT2D eigenvalue weighted by atomic mass is 127. The van der Waals surface area contributed by atoms with Crippen molar-refractivity contribution in [2.24, 2.45) is 17.8 Å². The quantitative estimate of drug-likeness (QED) is 0.473. The summed E-state index contributed by atoms with van der Waals surface area (Å²) < 4.78 is 7.01. The third kappa shape index (κ3) is 3.50. The second-order valence-corrected chi connectivity index (χ2v) is 4.32. The topological polar surface area (TPSA) is 77.5 Å². The summed E-state index contributed by atoms with van der Waals surface area (Å²) in [4.78, 5) is 4.31. The Bertz CT molecular complexity index is 439. The highest BCUT2D eigenvalue weighted by Crippen LogP contribution is 2.22. The zero-order valence-electron chi connectivity index (χ0n) is 10.9. The van der Waals surface area contributed by atoms with Crippen LogP contribution in [-0.2, 0) is 13.6 Å². The molecule has 102 valence electrons. The number of aryl methyl sites for hydroxylation is 2. The Morgan fingerprint density at radius 1 is 1.61 bits per heavy atom. The van der Waals surface area contributed by atoms with Gasteiger partial charge in [-0.2, -0.15) is 5.10 Å². The fourth-order valence-corrected chi connectivity index (χ4v) is 1.76. The van der Waals surface area contributed by atoms with Crippen molar-refractivity contribution in [3.63, 3.8) is 0 Å². The Balaban J connectivity index is 0.00000162. The summed E-state index contributed by atoms with van der Waals surface area (Å²) >= 11 is 0. The van der Waals surface area contributed by atoms with Crippen LogP contribution in [0.3, 0.4) is 0 Å². The van der Waals surface area contributed by atoms with Gasteiger partial charge in [0.1, 0.15) is 0 Å². The fourth-order valence-electron chi connectivity index (χ4n) is 1.76. The number of ether oxygens (including phenoxy) is 1. The second kappa shape index (κ2) is 6.26. The first kappa shape index (κ1) is 15.1. The van der Waals surface area contributed by atoms with Crippen molar-refractivity contribution in [2.75, 3.05) is 7.11 Å². The van der Waals surface area contributed by atoms with E-state index in [-0.39, 0.29) is 24.0 Å². The number of nitrogens with two attached hydrogens (primary N) is 1. The number of methoxy groups -OCH3 is 1. The van der Waals surface area contributed by atoms with Gasteiger partial charge in [-0.3, -0.25) is 0 Å². The zero-order chi connectivity index (χ0) is 12.4. The van der Waals surface area contributed by atoms with E-state index < -0.39 is 0 Å². The Morgan fingerprint density at radius 2 is 2.28 bits per heavy atom. The van der Waals surface area contributed by atoms with Crippen LogP contribution >= 0.6 is 24.0 Å². The molecule has 0 saturated heterocycles. The molecular formula is C11H20IN5O. The van der Waals surface area contributed by atoms with Crippen LogP contribution in [0.5, 0.6) is 5.88 Å². The minimum Gasteiger partial charge on any atom is -0.481 e. The van der Waals surface area contributed by atoms with Crippen molar-refractivity contribution in [1.29, 1.82) is 0 Å². The summed E-state index contributed by atoms with van der Waals surface area (Å²) in [6.07, 6.45) is 2.37. The maximum absolute atomic E-state index is 5.78. The third-order valence-electron chi connectivity index (χ3n) is 2.82. The van der Waals surface area contributed by atoms with Crippen LogP contribution in [0.1, 0.15) is 24.1 Å². The van der Waals surface area contributed by atoms with Crippen LogP contribution in [-0.4, -0.2) is 28.9 Å². The van der Waals surface area contributed by atoms with Crippen LogP contribution < -0.4 is 15.8 Å². The molecule has 0 aliphatic heterocycles. The zero-order valence-corrected chi connectivity index (χ0v) is 13.3. The van der Waals surface area contributed by atoms with Gasteiger partial charge in [0.05, 0.1) is 24.9 Å². The Labute approximate surface area is 124 Å². The van der Waals surface area contributed by atoms with Crippen LogP contribution in [0.15, 0.2) is 4.99 Å². The molecule has 18 heavy (non-hydrogen) atoms. The molecule has 1 aliphatic carbocycles. The molecule has 0 radical (unpaired) electrons. The Kier molecular flexibility index (Phi) is 5.24. The van der Waals surface area contributed by atoms with Crippen molar-refractivity contribution in [3.8, 4) is 5.88 Å². The number of rotatable bonds is 4. The summed E-state index contributed by atoms with van der Waals surface area (Å²) in [5.41, 5.74) is 7.69. The molecule has 1 aromatic heterocycles. The fraction of sp³-hybridized carbons (Fsp3) is 0.636. The summed E-state index contributed by atoms with van der Waals surface area (Å²) in [5.74, 6) is 1.24. The van der Waals surface area contributed by atoms with Gasteiger partial charge >= 0.3 is 0 Å². The maximum atomic E-state index is 5.78. The predicted octanol–water partition coefficient (Wildman–Crippen LogP) is 0.922. The predicted molar refractivity (Wildman–Crippen MR) is 81.4 cm³/mol. The lowest BCUT2D eigenvalue weighted by Crippen LogP contribution is -2.33. The van der Waals surface area contributed by atoms with Crippen molar-refractivity contribution in [2.45, 2.75) is 32.4 Å². The molecule has 1 fully saturated rings. The molecule has 6 nitrogen and oxygen atoms in total. The van der Waals surface area contributed by atoms with Gasteiger partial charge in [-0.05, 0) is 19.8 Å². The smallest absolute Gasteiger partial charge is 0.216 e. The van der Waals surface area contributed by atoms with Gasteiger partial charge in [0, 0.05) is 13.1 Å². The van der Waals surface area contributed by atoms with E-state index in [0.29, 0.717) is 18.5 Å². The van der Waals surface area contributed by atoms with Crippen LogP contribution in [0.25, 0.3) is 0 Å². The maximum Gasteiger partial charge on any atom is 0.216 e. The van der Waals surface area contributed by atoms with E-state index in [1.807, 2.05) is 14.0 Å². The molecule has 1 saturated carbocycles. The number of aromatic nitrogens is 2. The van der Waals surface area contributed by atoms with E-state index in [0.717, 1.165) is 17.1 Å². The average Bonchev–Trinajstić information content (AvgIpc) is 3.02. The molecule has 2 rings (SSSR count). The largest absolute Gasteiger partial charge is 0.481 e. The first-order valence-electron chi connectivity index (χ1n) is 5.74. The van der Waals surface area contributed by atoms with Gasteiger partial charge in [0.25, 0.3) is 0 Å². The molecule has 0 aromatic carbocycles. The SMILES string of the molecule is COc1c(CN=C(N)NC2CC2)c(C)nn1C.I. The molecule has 0 amide bonds. The molecule has 1 heterocycles. The average molecular weight is 365 g/mol. The van der Waals surface area contributed by atoms with Crippen LogP contribution in [0.4, 0.5) is 0 Å². The van der Waals surface area contributed by atoms with Gasteiger partial charge in [-0.15, -0.1) is 24.0 Å². The van der Waals surface area contributed by atoms with E-state index >= 15 is 0 Å². The lowest BCUT2D eigenvalue weighted by atomic mass is 10.2. The number of hydrogen-bond acceptors (Lipinski definition) is 3. The molecule has 0 spiro atoms. The number of nitrogens with one attached hydrogen (secondary N) is 1. The molecule has 7 heteroatoms. The highest BCUT2D eigenvalue weighted by molar-refractivity contribution is 14.0. The summed E-state index contributed by atoms with van der Waals surface area (Å²) in [6.45, 7) is 2.44. The first-order chi connectivity index (χ1) is 8.11. The van der Waals surface area contributed by atoms with Crippen molar-refractivity contribution >= 4 is 29.9 Å². The van der Waals surface area contributed by atoms with Gasteiger partial charge in [-0.1, -0.05) is 0 Å². The number of aliphatic imine (C=N–C) groups is 1. The minimum atomic E-state index is 0. The van der Waals surface area contributed by atoms with E-state index in [1.54, 1.807) is 11.8 Å². The molecular weight excluding hydrogens is 345 g/mol. The second-order valence-electron chi connectivity index (χ2n) is 4.32. The summed E-state index contributed by atoms with van der Waals surface area (Å²) in [6, 6.07) is 0.524. The van der Waals surface area contributed by atoms with Gasteiger partial charge in [0.2, 0.25) is 5.88 Å². The molecule has 0 bridgehead atoms. The van der Waals surface area contributed by atoms with Gasteiger partial charge in [-0.25, -0.2) is 9.67 Å². The Hall–Kier alpha value is -0.990. The van der Waals surface area contributed by atoms with E-state index in [9.17, 15) is 0 Å². The summed E-state index contributed by atoms with van der Waals surface area (Å²) in [5, 5.41) is 7.44.